The number of nitrogens with one attached hydrogen (secondary N) is 2. The quantitative estimate of drug-likeness (QED) is 0.325. The minimum atomic E-state index is -1.03. The molecule has 0 radical (unpaired) electrons. The molecule has 12 heteroatoms. The Labute approximate surface area is 270 Å². The van der Waals surface area contributed by atoms with Crippen molar-refractivity contribution in [2.75, 3.05) is 23.3 Å². The summed E-state index contributed by atoms with van der Waals surface area (Å²) in [6.07, 6.45) is 3.51. The number of benzene rings is 2. The molecule has 3 aromatic rings. The molecule has 5 amide bonds. The lowest BCUT2D eigenvalue weighted by molar-refractivity contribution is -0.136. The van der Waals surface area contributed by atoms with Gasteiger partial charge in [0, 0.05) is 37.0 Å². The Morgan fingerprint density at radius 2 is 1.78 bits per heavy atom. The molecule has 0 saturated carbocycles. The number of amides is 5. The zero-order valence-electron chi connectivity index (χ0n) is 25.3. The van der Waals surface area contributed by atoms with E-state index in [2.05, 4.69) is 44.3 Å². The molecule has 3 aliphatic heterocycles. The second kappa shape index (κ2) is 11.8. The molecule has 2 fully saturated rings. The average molecular weight is 637 g/mol. The van der Waals surface area contributed by atoms with Gasteiger partial charge in [0.05, 0.1) is 39.5 Å². The number of piperidine rings is 1. The maximum absolute atomic E-state index is 13.2. The normalized spacial score (nSPS) is 17.8. The van der Waals surface area contributed by atoms with E-state index in [1.807, 2.05) is 0 Å². The maximum atomic E-state index is 13.2. The molecule has 46 heavy (non-hydrogen) atoms. The van der Waals surface area contributed by atoms with Crippen molar-refractivity contribution in [3.63, 3.8) is 0 Å². The summed E-state index contributed by atoms with van der Waals surface area (Å²) in [5, 5.41) is 9.84. The highest BCUT2D eigenvalue weighted by molar-refractivity contribution is 6.34. The molecule has 4 heterocycles. The maximum Gasteiger partial charge on any atom is 0.262 e. The summed E-state index contributed by atoms with van der Waals surface area (Å²) in [6, 6.07) is 9.25. The van der Waals surface area contributed by atoms with Crippen LogP contribution in [-0.2, 0) is 19.9 Å². The number of nitrogens with zero attached hydrogens (tertiary/aromatic N) is 4. The van der Waals surface area contributed by atoms with Crippen LogP contribution in [0.15, 0.2) is 48.8 Å². The molecule has 0 bridgehead atoms. The van der Waals surface area contributed by atoms with Crippen molar-refractivity contribution in [3.05, 3.63) is 76.1 Å². The Morgan fingerprint density at radius 3 is 2.50 bits per heavy atom. The number of hydrogen-bond donors (Lipinski definition) is 2. The Morgan fingerprint density at radius 1 is 1.02 bits per heavy atom. The molecule has 2 saturated heterocycles. The van der Waals surface area contributed by atoms with E-state index in [0.29, 0.717) is 29.4 Å². The summed E-state index contributed by atoms with van der Waals surface area (Å²) >= 11 is 6.35. The summed E-state index contributed by atoms with van der Waals surface area (Å²) in [7, 11) is 0. The molecule has 232 valence electrons. The largest absolute Gasteiger partial charge is 0.369 e. The van der Waals surface area contributed by atoms with Crippen LogP contribution in [-0.4, -0.2) is 63.3 Å². The summed E-state index contributed by atoms with van der Waals surface area (Å²) < 4.78 is 1.56. The molecule has 1 aromatic heterocycles. The molecule has 1 unspecified atom stereocenters. The topological polar surface area (TPSA) is 134 Å². The highest BCUT2D eigenvalue weighted by Crippen LogP contribution is 2.33. The number of rotatable bonds is 5. The molecule has 0 spiro atoms. The van der Waals surface area contributed by atoms with Crippen LogP contribution in [0.4, 0.5) is 11.4 Å². The minimum absolute atomic E-state index is 0.0627. The van der Waals surface area contributed by atoms with Crippen LogP contribution in [0.5, 0.6) is 0 Å². The fraction of sp³-hybridized carbons (Fsp3) is 0.294. The number of halogens is 1. The second-order valence-corrected chi connectivity index (χ2v) is 12.2. The summed E-state index contributed by atoms with van der Waals surface area (Å²) in [5.74, 6) is 9.77. The number of aromatic nitrogens is 2. The van der Waals surface area contributed by atoms with Crippen molar-refractivity contribution in [1.29, 1.82) is 0 Å². The van der Waals surface area contributed by atoms with Crippen LogP contribution in [0.25, 0.3) is 0 Å². The van der Waals surface area contributed by atoms with Gasteiger partial charge in [0.2, 0.25) is 11.8 Å². The highest BCUT2D eigenvalue weighted by atomic mass is 35.5. The van der Waals surface area contributed by atoms with E-state index in [9.17, 15) is 24.0 Å². The van der Waals surface area contributed by atoms with Gasteiger partial charge < -0.3 is 10.2 Å². The van der Waals surface area contributed by atoms with Gasteiger partial charge >= 0.3 is 0 Å². The van der Waals surface area contributed by atoms with Crippen molar-refractivity contribution in [2.45, 2.75) is 45.2 Å². The number of hydrogen-bond acceptors (Lipinski definition) is 7. The minimum Gasteiger partial charge on any atom is -0.369 e. The van der Waals surface area contributed by atoms with E-state index < -0.39 is 35.2 Å². The van der Waals surface area contributed by atoms with E-state index in [4.69, 9.17) is 11.6 Å². The lowest BCUT2D eigenvalue weighted by atomic mass is 9.98. The SMILES string of the molecule is CC#Cc1ccc(NC(=O)C(C)(C)n2cc(C#CC3CN(c4ccc5c(c4)C(=O)N(C4CCC(=O)NC4=O)C5=O)C3)cn2)c(Cl)c1. The van der Waals surface area contributed by atoms with E-state index in [-0.39, 0.29) is 35.8 Å². The first-order chi connectivity index (χ1) is 22.0. The number of fused-ring (bicyclic) bond motifs is 1. The molecular formula is C34H29ClN6O5. The molecule has 2 aromatic carbocycles. The van der Waals surface area contributed by atoms with E-state index >= 15 is 0 Å². The van der Waals surface area contributed by atoms with E-state index in [1.54, 1.807) is 74.2 Å². The molecule has 0 aliphatic carbocycles. The van der Waals surface area contributed by atoms with Crippen LogP contribution in [0.2, 0.25) is 5.02 Å². The molecule has 1 atom stereocenters. The van der Waals surface area contributed by atoms with Crippen LogP contribution in [0, 0.1) is 29.6 Å². The van der Waals surface area contributed by atoms with Crippen LogP contribution in [0.1, 0.15) is 65.5 Å². The van der Waals surface area contributed by atoms with Gasteiger partial charge in [0.1, 0.15) is 11.6 Å². The first-order valence-electron chi connectivity index (χ1n) is 14.7. The van der Waals surface area contributed by atoms with Gasteiger partial charge in [-0.25, -0.2) is 0 Å². The van der Waals surface area contributed by atoms with Crippen LogP contribution in [0.3, 0.4) is 0 Å². The van der Waals surface area contributed by atoms with Crippen molar-refractivity contribution in [2.24, 2.45) is 5.92 Å². The van der Waals surface area contributed by atoms with Gasteiger partial charge in [-0.15, -0.1) is 5.92 Å². The average Bonchev–Trinajstić information content (AvgIpc) is 3.57. The second-order valence-electron chi connectivity index (χ2n) is 11.8. The highest BCUT2D eigenvalue weighted by Gasteiger charge is 2.45. The van der Waals surface area contributed by atoms with Crippen molar-refractivity contribution >= 4 is 52.5 Å². The fourth-order valence-electron chi connectivity index (χ4n) is 5.53. The van der Waals surface area contributed by atoms with Crippen LogP contribution >= 0.6 is 11.6 Å². The van der Waals surface area contributed by atoms with Gasteiger partial charge in [0.15, 0.2) is 0 Å². The Balaban J connectivity index is 1.07. The standard InChI is InChI=1S/C34H29ClN6O5/c1-4-5-20-8-11-27(26(35)14-20)37-33(46)34(2,3)40-19-21(16-36-40)6-7-22-17-39(18-22)23-9-10-24-25(15-23)32(45)41(31(24)44)28-12-13-29(42)38-30(28)43/h8-11,14-16,19,22,28H,12-13,17-18H2,1-3H3,(H,37,46)(H,38,42,43). The third-order valence-corrected chi connectivity index (χ3v) is 8.60. The van der Waals surface area contributed by atoms with Gasteiger partial charge in [-0.05, 0) is 63.6 Å². The van der Waals surface area contributed by atoms with Crippen molar-refractivity contribution in [1.82, 2.24) is 20.0 Å². The summed E-state index contributed by atoms with van der Waals surface area (Å²) in [4.78, 5) is 66.1. The Hall–Kier alpha value is -5.39. The van der Waals surface area contributed by atoms with Gasteiger partial charge in [-0.1, -0.05) is 29.4 Å². The molecule has 6 rings (SSSR count). The summed E-state index contributed by atoms with van der Waals surface area (Å²) in [5.41, 5.74) is 2.13. The fourth-order valence-corrected chi connectivity index (χ4v) is 5.76. The number of carbonyl (C=O) groups is 5. The monoisotopic (exact) mass is 636 g/mol. The van der Waals surface area contributed by atoms with E-state index in [0.717, 1.165) is 16.2 Å². The molecule has 2 N–H and O–H groups in total. The predicted octanol–water partition coefficient (Wildman–Crippen LogP) is 3.17. The van der Waals surface area contributed by atoms with E-state index in [1.165, 1.54) is 0 Å². The van der Waals surface area contributed by atoms with Crippen molar-refractivity contribution < 1.29 is 24.0 Å². The third kappa shape index (κ3) is 5.62. The molecule has 3 aliphatic rings. The Kier molecular flexibility index (Phi) is 7.89. The third-order valence-electron chi connectivity index (χ3n) is 8.29. The first-order valence-corrected chi connectivity index (χ1v) is 15.0. The van der Waals surface area contributed by atoms with Gasteiger partial charge in [-0.2, -0.15) is 5.10 Å². The van der Waals surface area contributed by atoms with Crippen molar-refractivity contribution in [3.8, 4) is 23.7 Å². The van der Waals surface area contributed by atoms with Gasteiger partial charge in [0.25, 0.3) is 17.7 Å². The number of carbonyl (C=O) groups excluding carboxylic acids is 5. The zero-order chi connectivity index (χ0) is 32.7. The lowest BCUT2D eigenvalue weighted by Crippen LogP contribution is -2.54. The first kappa shape index (κ1) is 30.6. The smallest absolute Gasteiger partial charge is 0.262 e. The number of imide groups is 2. The Bertz CT molecular complexity index is 1950. The van der Waals surface area contributed by atoms with Gasteiger partial charge in [-0.3, -0.25) is 38.9 Å². The number of anilines is 2. The lowest BCUT2D eigenvalue weighted by Gasteiger charge is -2.38. The van der Waals surface area contributed by atoms with Crippen LogP contribution < -0.4 is 15.5 Å². The summed E-state index contributed by atoms with van der Waals surface area (Å²) in [6.45, 7) is 6.48. The zero-order valence-corrected chi connectivity index (χ0v) is 26.1. The predicted molar refractivity (Wildman–Crippen MR) is 170 cm³/mol. The molecular weight excluding hydrogens is 608 g/mol. The molecule has 11 nitrogen and oxygen atoms in total.